The molecular formula is C32H59F2N3O4. The molecule has 2 amide bonds. The van der Waals surface area contributed by atoms with Crippen LogP contribution in [-0.2, 0) is 19.2 Å². The first-order valence-corrected chi connectivity index (χ1v) is 15.3. The number of hydrogen-bond acceptors (Lipinski definition) is 5. The molecule has 0 bridgehead atoms. The lowest BCUT2D eigenvalue weighted by Gasteiger charge is -2.21. The largest absolute Gasteiger partial charge is 0.356 e. The molecule has 1 saturated carbocycles. The maximum Gasteiger partial charge on any atom is 0.302 e. The second-order valence-electron chi connectivity index (χ2n) is 11.1. The lowest BCUT2D eigenvalue weighted by atomic mass is 10.00. The number of nitrogens with zero attached hydrogens (tertiary/aromatic N) is 2. The van der Waals surface area contributed by atoms with Crippen LogP contribution in [0.2, 0.25) is 0 Å². The Morgan fingerprint density at radius 1 is 1.15 bits per heavy atom. The maximum atomic E-state index is 12.2. The molecule has 2 aliphatic heterocycles. The van der Waals surface area contributed by atoms with Crippen LogP contribution < -0.4 is 5.32 Å². The first kappa shape index (κ1) is 43.1. The Morgan fingerprint density at radius 3 is 1.85 bits per heavy atom. The SMILES string of the molecule is CC.CC=O.CCC(C)C#N.CCC(C)C(=O)C(C)(F)F.CCCCC(=O)N1CC2C(C1)C2(C)C.O=C1CCCN1. The van der Waals surface area contributed by atoms with Gasteiger partial charge in [-0.05, 0) is 56.8 Å². The summed E-state index contributed by atoms with van der Waals surface area (Å²) in [6.45, 7) is 23.0. The lowest BCUT2D eigenvalue weighted by Crippen LogP contribution is -2.32. The van der Waals surface area contributed by atoms with Gasteiger partial charge in [-0.25, -0.2) is 0 Å². The van der Waals surface area contributed by atoms with Crippen molar-refractivity contribution < 1.29 is 28.0 Å². The number of likely N-dealkylation sites (tertiary alicyclic amines) is 1. The van der Waals surface area contributed by atoms with E-state index in [1.807, 2.05) is 27.7 Å². The van der Waals surface area contributed by atoms with Crippen molar-refractivity contribution in [2.75, 3.05) is 19.6 Å². The van der Waals surface area contributed by atoms with Crippen LogP contribution in [0.3, 0.4) is 0 Å². The second-order valence-corrected chi connectivity index (χ2v) is 11.1. The van der Waals surface area contributed by atoms with E-state index in [1.165, 1.54) is 13.8 Å². The number of ketones is 1. The third kappa shape index (κ3) is 18.6. The van der Waals surface area contributed by atoms with Crippen LogP contribution in [0, 0.1) is 40.4 Å². The number of alkyl halides is 2. The molecule has 7 nitrogen and oxygen atoms in total. The molecule has 0 radical (unpaired) electrons. The molecule has 41 heavy (non-hydrogen) atoms. The van der Waals surface area contributed by atoms with Gasteiger partial charge >= 0.3 is 5.92 Å². The van der Waals surface area contributed by atoms with Crippen molar-refractivity contribution in [3.63, 3.8) is 0 Å². The van der Waals surface area contributed by atoms with Crippen molar-refractivity contribution in [1.82, 2.24) is 10.2 Å². The van der Waals surface area contributed by atoms with Gasteiger partial charge in [-0.1, -0.05) is 61.8 Å². The standard InChI is InChI=1S/C12H21NO.C7H12F2O.C5H9N.C4H7NO.C2H4O.C2H6/c1-4-5-6-11(14)13-7-9-10(8-13)12(9,2)3;1-4-5(2)6(10)7(3,8)9;1-3-5(2)4-6;6-4-2-1-3-5-4;1-2-3;1-2/h9-10H,4-8H2,1-3H3;5H,4H2,1-3H3;5H,3H2,1-2H3;1-3H2,(H,5,6);2H,1H3;1-2H3. The van der Waals surface area contributed by atoms with Gasteiger partial charge in [-0.15, -0.1) is 0 Å². The predicted octanol–water partition coefficient (Wildman–Crippen LogP) is 7.23. The van der Waals surface area contributed by atoms with Crippen LogP contribution in [0.1, 0.15) is 121 Å². The highest BCUT2D eigenvalue weighted by Gasteiger charge is 2.62. The Hall–Kier alpha value is -2.37. The van der Waals surface area contributed by atoms with Crippen LogP contribution in [0.4, 0.5) is 8.78 Å². The number of amides is 2. The van der Waals surface area contributed by atoms with Crippen molar-refractivity contribution in [3.8, 4) is 6.07 Å². The fraction of sp³-hybridized carbons (Fsp3) is 0.844. The van der Waals surface area contributed by atoms with Gasteiger partial charge < -0.3 is 15.0 Å². The highest BCUT2D eigenvalue weighted by atomic mass is 19.3. The molecular weight excluding hydrogens is 528 g/mol. The molecule has 9 heteroatoms. The molecule has 240 valence electrons. The summed E-state index contributed by atoms with van der Waals surface area (Å²) < 4.78 is 24.4. The quantitative estimate of drug-likeness (QED) is 0.316. The number of nitriles is 1. The van der Waals surface area contributed by atoms with Crippen LogP contribution in [0.15, 0.2) is 0 Å². The Bertz CT molecular complexity index is 769. The topological polar surface area (TPSA) is 107 Å². The molecule has 4 unspecified atom stereocenters. The number of unbranched alkanes of at least 4 members (excludes halogenated alkanes) is 1. The number of carbonyl (C=O) groups excluding carboxylic acids is 4. The average Bonchev–Trinajstić information content (AvgIpc) is 3.40. The number of nitrogens with one attached hydrogen (secondary N) is 1. The van der Waals surface area contributed by atoms with Crippen molar-refractivity contribution in [1.29, 1.82) is 5.26 Å². The van der Waals surface area contributed by atoms with Crippen molar-refractivity contribution in [3.05, 3.63) is 0 Å². The Balaban J connectivity index is -0.000000471. The van der Waals surface area contributed by atoms with Gasteiger partial charge in [0, 0.05) is 51.2 Å². The zero-order valence-corrected chi connectivity index (χ0v) is 27.7. The predicted molar refractivity (Wildman–Crippen MR) is 162 cm³/mol. The van der Waals surface area contributed by atoms with Crippen LogP contribution in [0.25, 0.3) is 0 Å². The van der Waals surface area contributed by atoms with Gasteiger partial charge in [-0.3, -0.25) is 14.4 Å². The summed E-state index contributed by atoms with van der Waals surface area (Å²) in [4.78, 5) is 43.4. The number of rotatable bonds is 7. The van der Waals surface area contributed by atoms with E-state index in [1.54, 1.807) is 6.92 Å². The van der Waals surface area contributed by atoms with Gasteiger partial charge in [0.1, 0.15) is 6.29 Å². The molecule has 4 atom stereocenters. The van der Waals surface area contributed by atoms with Crippen LogP contribution in [-0.4, -0.2) is 54.3 Å². The third-order valence-corrected chi connectivity index (χ3v) is 7.45. The van der Waals surface area contributed by atoms with Crippen molar-refractivity contribution >= 4 is 23.9 Å². The zero-order chi connectivity index (χ0) is 32.8. The minimum absolute atomic E-state index is 0.204. The van der Waals surface area contributed by atoms with Gasteiger partial charge in [0.05, 0.1) is 6.07 Å². The summed E-state index contributed by atoms with van der Waals surface area (Å²) in [5.74, 6) is -2.22. The summed E-state index contributed by atoms with van der Waals surface area (Å²) in [5.41, 5.74) is 0.529. The van der Waals surface area contributed by atoms with Crippen molar-refractivity contribution in [2.24, 2.45) is 29.1 Å². The fourth-order valence-electron chi connectivity index (χ4n) is 4.10. The molecule has 2 saturated heterocycles. The summed E-state index contributed by atoms with van der Waals surface area (Å²) >= 11 is 0. The molecule has 0 spiro atoms. The van der Waals surface area contributed by atoms with Crippen LogP contribution in [0.5, 0.6) is 0 Å². The highest BCUT2D eigenvalue weighted by Crippen LogP contribution is 2.61. The number of hydrogen-bond donors (Lipinski definition) is 1. The Kier molecular flexibility index (Phi) is 24.4. The van der Waals surface area contributed by atoms with E-state index in [2.05, 4.69) is 37.1 Å². The van der Waals surface area contributed by atoms with Crippen LogP contribution >= 0.6 is 0 Å². The van der Waals surface area contributed by atoms with E-state index in [4.69, 9.17) is 10.1 Å². The molecule has 0 aromatic heterocycles. The number of piperidine rings is 1. The maximum absolute atomic E-state index is 12.2. The highest BCUT2D eigenvalue weighted by molar-refractivity contribution is 5.87. The minimum Gasteiger partial charge on any atom is -0.356 e. The molecule has 3 fully saturated rings. The number of fused-ring (bicyclic) bond motifs is 1. The number of Topliss-reactive ketones (excluding diaryl/α,β-unsaturated/α-hetero) is 1. The van der Waals surface area contributed by atoms with E-state index in [9.17, 15) is 23.2 Å². The van der Waals surface area contributed by atoms with Gasteiger partial charge in [-0.2, -0.15) is 14.0 Å². The summed E-state index contributed by atoms with van der Waals surface area (Å²) in [5, 5.41) is 10.8. The fourth-order valence-corrected chi connectivity index (χ4v) is 4.10. The van der Waals surface area contributed by atoms with E-state index >= 15 is 0 Å². The minimum atomic E-state index is -3.16. The molecule has 0 aromatic rings. The number of halogens is 2. The average molecular weight is 588 g/mol. The molecule has 3 aliphatic rings. The number of aldehydes is 1. The number of carbonyl (C=O) groups is 4. The smallest absolute Gasteiger partial charge is 0.302 e. The molecule has 1 aliphatic carbocycles. The Labute approximate surface area is 249 Å². The van der Waals surface area contributed by atoms with Gasteiger partial charge in [0.15, 0.2) is 0 Å². The van der Waals surface area contributed by atoms with Crippen molar-refractivity contribution in [2.45, 2.75) is 127 Å². The molecule has 3 rings (SSSR count). The molecule has 1 N–H and O–H groups in total. The van der Waals surface area contributed by atoms with Gasteiger partial charge in [0.25, 0.3) is 0 Å². The summed E-state index contributed by atoms with van der Waals surface area (Å²) in [6.07, 6.45) is 6.89. The normalized spacial score (nSPS) is 20.3. The lowest BCUT2D eigenvalue weighted by molar-refractivity contribution is -0.144. The Morgan fingerprint density at radius 2 is 1.63 bits per heavy atom. The first-order chi connectivity index (χ1) is 19.1. The van der Waals surface area contributed by atoms with E-state index in [0.29, 0.717) is 24.7 Å². The van der Waals surface area contributed by atoms with Gasteiger partial charge in [0.2, 0.25) is 17.6 Å². The molecule has 2 heterocycles. The first-order valence-electron chi connectivity index (χ1n) is 15.3. The van der Waals surface area contributed by atoms with E-state index in [0.717, 1.165) is 76.3 Å². The zero-order valence-electron chi connectivity index (χ0n) is 27.7. The summed E-state index contributed by atoms with van der Waals surface area (Å²) in [7, 11) is 0. The third-order valence-electron chi connectivity index (χ3n) is 7.45. The second kappa shape index (κ2) is 23.2. The van der Waals surface area contributed by atoms with E-state index < -0.39 is 17.6 Å². The monoisotopic (exact) mass is 587 g/mol. The van der Waals surface area contributed by atoms with E-state index in [-0.39, 0.29) is 11.8 Å². The molecule has 0 aromatic carbocycles. The summed E-state index contributed by atoms with van der Waals surface area (Å²) in [6, 6.07) is 2.11.